The summed E-state index contributed by atoms with van der Waals surface area (Å²) in [5, 5.41) is 4.89. The maximum atomic E-state index is 6.19. The SMILES string of the molecule is COc1ccc(NCc2cc(OC)c(OCc3ccc(Cl)c(Cl)c3)cc2Br)cc1Cl. The fraction of sp³-hybridized carbons (Fsp3) is 0.182. The van der Waals surface area contributed by atoms with Gasteiger partial charge in [-0.25, -0.2) is 0 Å². The Kier molecular flexibility index (Phi) is 8.00. The zero-order chi connectivity index (χ0) is 21.7. The molecule has 0 aromatic heterocycles. The summed E-state index contributed by atoms with van der Waals surface area (Å²) in [6, 6.07) is 14.7. The quantitative estimate of drug-likeness (QED) is 0.325. The van der Waals surface area contributed by atoms with Crippen molar-refractivity contribution < 1.29 is 14.2 Å². The van der Waals surface area contributed by atoms with Gasteiger partial charge in [0.1, 0.15) is 12.4 Å². The van der Waals surface area contributed by atoms with Crippen LogP contribution >= 0.6 is 50.7 Å². The van der Waals surface area contributed by atoms with E-state index in [1.807, 2.05) is 36.4 Å². The van der Waals surface area contributed by atoms with Crippen LogP contribution in [0.3, 0.4) is 0 Å². The van der Waals surface area contributed by atoms with Gasteiger partial charge in [0.15, 0.2) is 11.5 Å². The predicted octanol–water partition coefficient (Wildman–Crippen LogP) is 7.62. The Morgan fingerprint density at radius 1 is 0.800 bits per heavy atom. The minimum atomic E-state index is 0.335. The van der Waals surface area contributed by atoms with Gasteiger partial charge in [0.25, 0.3) is 0 Å². The number of benzene rings is 3. The highest BCUT2D eigenvalue weighted by Gasteiger charge is 2.12. The van der Waals surface area contributed by atoms with Gasteiger partial charge in [0.2, 0.25) is 0 Å². The molecule has 3 rings (SSSR count). The molecule has 0 saturated heterocycles. The van der Waals surface area contributed by atoms with E-state index in [2.05, 4.69) is 21.2 Å². The average molecular weight is 532 g/mol. The molecule has 0 atom stereocenters. The number of rotatable bonds is 8. The van der Waals surface area contributed by atoms with Gasteiger partial charge in [0.05, 0.1) is 29.3 Å². The summed E-state index contributed by atoms with van der Waals surface area (Å²) in [5.74, 6) is 1.88. The van der Waals surface area contributed by atoms with Crippen molar-refractivity contribution in [1.82, 2.24) is 0 Å². The van der Waals surface area contributed by atoms with Gasteiger partial charge in [-0.05, 0) is 53.6 Å². The van der Waals surface area contributed by atoms with E-state index < -0.39 is 0 Å². The first-order valence-electron chi connectivity index (χ1n) is 8.91. The minimum absolute atomic E-state index is 0.335. The van der Waals surface area contributed by atoms with E-state index in [-0.39, 0.29) is 0 Å². The van der Waals surface area contributed by atoms with Crippen molar-refractivity contribution in [2.24, 2.45) is 0 Å². The van der Waals surface area contributed by atoms with Crippen molar-refractivity contribution in [1.29, 1.82) is 0 Å². The third-order valence-corrected chi connectivity index (χ3v) is 6.12. The Morgan fingerprint density at radius 2 is 1.57 bits per heavy atom. The second-order valence-electron chi connectivity index (χ2n) is 6.33. The summed E-state index contributed by atoms with van der Waals surface area (Å²) in [4.78, 5) is 0. The molecule has 0 spiro atoms. The second-order valence-corrected chi connectivity index (χ2v) is 8.41. The number of halogens is 4. The fourth-order valence-electron chi connectivity index (χ4n) is 2.75. The summed E-state index contributed by atoms with van der Waals surface area (Å²) < 4.78 is 17.5. The number of ether oxygens (including phenoxy) is 3. The van der Waals surface area contributed by atoms with Gasteiger partial charge in [-0.1, -0.05) is 56.8 Å². The molecule has 0 heterocycles. The van der Waals surface area contributed by atoms with Crippen molar-refractivity contribution in [2.75, 3.05) is 19.5 Å². The Labute approximate surface area is 199 Å². The molecule has 0 aliphatic heterocycles. The van der Waals surface area contributed by atoms with Gasteiger partial charge in [0, 0.05) is 16.7 Å². The van der Waals surface area contributed by atoms with Crippen molar-refractivity contribution >= 4 is 56.4 Å². The van der Waals surface area contributed by atoms with Crippen LogP contribution in [-0.4, -0.2) is 14.2 Å². The highest BCUT2D eigenvalue weighted by molar-refractivity contribution is 9.10. The summed E-state index contributed by atoms with van der Waals surface area (Å²) in [7, 11) is 3.19. The first-order chi connectivity index (χ1) is 14.4. The maximum absolute atomic E-state index is 6.19. The van der Waals surface area contributed by atoms with Gasteiger partial charge in [-0.3, -0.25) is 0 Å². The number of hydrogen-bond acceptors (Lipinski definition) is 4. The Balaban J connectivity index is 1.71. The Morgan fingerprint density at radius 3 is 2.23 bits per heavy atom. The Bertz CT molecular complexity index is 1050. The predicted molar refractivity (Wildman–Crippen MR) is 127 cm³/mol. The van der Waals surface area contributed by atoms with Crippen LogP contribution in [-0.2, 0) is 13.2 Å². The molecule has 0 amide bonds. The molecular formula is C22H19BrCl3NO3. The molecule has 3 aromatic rings. The van der Waals surface area contributed by atoms with E-state index in [0.29, 0.717) is 45.5 Å². The van der Waals surface area contributed by atoms with Crippen LogP contribution in [0.1, 0.15) is 11.1 Å². The lowest BCUT2D eigenvalue weighted by atomic mass is 10.2. The normalized spacial score (nSPS) is 10.6. The first kappa shape index (κ1) is 22.9. The van der Waals surface area contributed by atoms with Gasteiger partial charge in [-0.2, -0.15) is 0 Å². The zero-order valence-corrected chi connectivity index (χ0v) is 20.1. The summed E-state index contributed by atoms with van der Waals surface area (Å²) >= 11 is 21.8. The van der Waals surface area contributed by atoms with Crippen molar-refractivity contribution in [3.8, 4) is 17.2 Å². The molecule has 158 valence electrons. The van der Waals surface area contributed by atoms with E-state index in [1.54, 1.807) is 26.4 Å². The van der Waals surface area contributed by atoms with E-state index in [1.165, 1.54) is 0 Å². The van der Waals surface area contributed by atoms with Crippen molar-refractivity contribution in [3.05, 3.63) is 79.2 Å². The van der Waals surface area contributed by atoms with Crippen LogP contribution in [0.15, 0.2) is 53.0 Å². The lowest BCUT2D eigenvalue weighted by Crippen LogP contribution is -2.03. The summed E-state index contributed by atoms with van der Waals surface area (Å²) in [6.07, 6.45) is 0. The molecule has 30 heavy (non-hydrogen) atoms. The molecule has 0 fully saturated rings. The molecule has 0 radical (unpaired) electrons. The molecule has 3 aromatic carbocycles. The largest absolute Gasteiger partial charge is 0.495 e. The van der Waals surface area contributed by atoms with Gasteiger partial charge in [-0.15, -0.1) is 0 Å². The smallest absolute Gasteiger partial charge is 0.162 e. The maximum Gasteiger partial charge on any atom is 0.162 e. The van der Waals surface area contributed by atoms with Crippen LogP contribution in [0.4, 0.5) is 5.69 Å². The van der Waals surface area contributed by atoms with Crippen LogP contribution in [0, 0.1) is 0 Å². The molecule has 1 N–H and O–H groups in total. The van der Waals surface area contributed by atoms with E-state index in [9.17, 15) is 0 Å². The molecule has 8 heteroatoms. The lowest BCUT2D eigenvalue weighted by Gasteiger charge is -2.15. The lowest BCUT2D eigenvalue weighted by molar-refractivity contribution is 0.284. The monoisotopic (exact) mass is 529 g/mol. The van der Waals surface area contributed by atoms with Gasteiger partial charge >= 0.3 is 0 Å². The van der Waals surface area contributed by atoms with E-state index in [0.717, 1.165) is 21.3 Å². The topological polar surface area (TPSA) is 39.7 Å². The second kappa shape index (κ2) is 10.5. The molecule has 0 unspecified atom stereocenters. The molecule has 0 saturated carbocycles. The van der Waals surface area contributed by atoms with Crippen LogP contribution in [0.25, 0.3) is 0 Å². The first-order valence-corrected chi connectivity index (χ1v) is 10.8. The Hall–Kier alpha value is -1.79. The van der Waals surface area contributed by atoms with Crippen molar-refractivity contribution in [2.45, 2.75) is 13.2 Å². The van der Waals surface area contributed by atoms with E-state index in [4.69, 9.17) is 49.0 Å². The van der Waals surface area contributed by atoms with Crippen LogP contribution in [0.5, 0.6) is 17.2 Å². The molecule has 0 aliphatic rings. The summed E-state index contributed by atoms with van der Waals surface area (Å²) in [5.41, 5.74) is 2.79. The number of methoxy groups -OCH3 is 2. The molecule has 4 nitrogen and oxygen atoms in total. The van der Waals surface area contributed by atoms with Crippen molar-refractivity contribution in [3.63, 3.8) is 0 Å². The minimum Gasteiger partial charge on any atom is -0.495 e. The van der Waals surface area contributed by atoms with Crippen LogP contribution in [0.2, 0.25) is 15.1 Å². The number of hydrogen-bond donors (Lipinski definition) is 1. The third-order valence-electron chi connectivity index (χ3n) is 4.35. The standard InChI is InChI=1S/C22H19BrCl3NO3/c1-28-20-6-4-15(9-19(20)26)27-11-14-8-21(29-2)22(10-16(14)23)30-12-13-3-5-17(24)18(25)7-13/h3-10,27H,11-12H2,1-2H3. The van der Waals surface area contributed by atoms with Gasteiger partial charge < -0.3 is 19.5 Å². The fourth-order valence-corrected chi connectivity index (χ4v) is 3.79. The van der Waals surface area contributed by atoms with E-state index >= 15 is 0 Å². The third kappa shape index (κ3) is 5.67. The molecular weight excluding hydrogens is 513 g/mol. The number of nitrogens with one attached hydrogen (secondary N) is 1. The summed E-state index contributed by atoms with van der Waals surface area (Å²) in [6.45, 7) is 0.897. The molecule has 0 aliphatic carbocycles. The highest BCUT2D eigenvalue weighted by atomic mass is 79.9. The highest BCUT2D eigenvalue weighted by Crippen LogP contribution is 2.35. The molecule has 0 bridgehead atoms. The average Bonchev–Trinajstić information content (AvgIpc) is 2.74. The van der Waals surface area contributed by atoms with Crippen LogP contribution < -0.4 is 19.5 Å². The number of anilines is 1. The zero-order valence-electron chi connectivity index (χ0n) is 16.3.